The fourth-order valence-electron chi connectivity index (χ4n) is 4.26. The molecule has 2 aliphatic heterocycles. The number of fused-ring (bicyclic) bond motifs is 1. The Morgan fingerprint density at radius 1 is 1.23 bits per heavy atom. The molecule has 2 aliphatic rings. The van der Waals surface area contributed by atoms with Gasteiger partial charge in [-0.2, -0.15) is 0 Å². The van der Waals surface area contributed by atoms with E-state index >= 15 is 0 Å². The van der Waals surface area contributed by atoms with Gasteiger partial charge in [0.1, 0.15) is 18.0 Å². The molecule has 134 valence electrons. The van der Waals surface area contributed by atoms with Crippen molar-refractivity contribution in [3.8, 4) is 10.6 Å². The van der Waals surface area contributed by atoms with Gasteiger partial charge in [0.2, 0.25) is 0 Å². The number of nitrogens with zero attached hydrogens (tertiary/aromatic N) is 3. The maximum atomic E-state index is 6.35. The van der Waals surface area contributed by atoms with Crippen LogP contribution in [0.25, 0.3) is 10.6 Å². The molecule has 0 radical (unpaired) electrons. The molecule has 4 nitrogen and oxygen atoms in total. The number of rotatable bonds is 3. The summed E-state index contributed by atoms with van der Waals surface area (Å²) < 4.78 is 8.73. The van der Waals surface area contributed by atoms with Crippen LogP contribution in [-0.2, 0) is 24.4 Å². The third-order valence-corrected chi connectivity index (χ3v) is 6.44. The van der Waals surface area contributed by atoms with E-state index in [-0.39, 0.29) is 5.60 Å². The molecule has 1 atom stereocenters. The fraction of sp³-hybridized carbons (Fsp3) is 0.381. The van der Waals surface area contributed by atoms with E-state index in [1.54, 1.807) is 11.3 Å². The summed E-state index contributed by atoms with van der Waals surface area (Å²) in [5, 5.41) is 2.13. The second kappa shape index (κ2) is 6.34. The number of likely N-dealkylation sites (tertiary alicyclic amines) is 1. The van der Waals surface area contributed by atoms with E-state index in [4.69, 9.17) is 4.74 Å². The number of hydrogen-bond donors (Lipinski definition) is 0. The predicted octanol–water partition coefficient (Wildman–Crippen LogP) is 4.09. The number of hydrogen-bond acceptors (Lipinski definition) is 4. The van der Waals surface area contributed by atoms with Crippen LogP contribution in [0.4, 0.5) is 0 Å². The van der Waals surface area contributed by atoms with E-state index < -0.39 is 0 Å². The summed E-state index contributed by atoms with van der Waals surface area (Å²) >= 11 is 1.78. The molecule has 0 N–H and O–H groups in total. The van der Waals surface area contributed by atoms with Crippen molar-refractivity contribution in [2.75, 3.05) is 13.1 Å². The largest absolute Gasteiger partial charge is 0.364 e. The summed E-state index contributed by atoms with van der Waals surface area (Å²) in [6.07, 6.45) is 3.09. The second-order valence-electron chi connectivity index (χ2n) is 7.54. The van der Waals surface area contributed by atoms with Crippen LogP contribution < -0.4 is 0 Å². The lowest BCUT2D eigenvalue weighted by Crippen LogP contribution is -2.44. The van der Waals surface area contributed by atoms with E-state index in [9.17, 15) is 0 Å². The van der Waals surface area contributed by atoms with Gasteiger partial charge in [-0.05, 0) is 30.4 Å². The molecule has 1 saturated heterocycles. The van der Waals surface area contributed by atoms with Gasteiger partial charge < -0.3 is 9.30 Å². The second-order valence-corrected chi connectivity index (χ2v) is 8.49. The predicted molar refractivity (Wildman–Crippen MR) is 104 cm³/mol. The average molecular weight is 366 g/mol. The van der Waals surface area contributed by atoms with Gasteiger partial charge in [-0.15, -0.1) is 11.3 Å². The van der Waals surface area contributed by atoms with Gasteiger partial charge in [0.15, 0.2) is 0 Å². The number of aryl methyl sites for hydroxylation is 1. The minimum atomic E-state index is -0.0798. The molecule has 1 fully saturated rings. The third-order valence-electron chi connectivity index (χ3n) is 5.55. The van der Waals surface area contributed by atoms with Crippen molar-refractivity contribution in [2.45, 2.75) is 38.6 Å². The lowest BCUT2D eigenvalue weighted by molar-refractivity contribution is -0.0821. The topological polar surface area (TPSA) is 30.3 Å². The standard InChI is InChI=1S/C21H23N3OS/c1-16-4-2-5-17(10-16)12-23-8-7-21(14-23)15-24-18(19-6-3-9-26-19)11-22-20(24)13-25-21/h2-6,9-11H,7-8,12-15H2,1H3/t21-/m0/s1. The molecule has 1 aromatic carbocycles. The smallest absolute Gasteiger partial charge is 0.135 e. The van der Waals surface area contributed by atoms with Crippen LogP contribution in [0.15, 0.2) is 48.0 Å². The van der Waals surface area contributed by atoms with Gasteiger partial charge in [-0.1, -0.05) is 35.9 Å². The van der Waals surface area contributed by atoms with Crippen molar-refractivity contribution in [3.63, 3.8) is 0 Å². The number of thiophene rings is 1. The molecular formula is C21H23N3OS. The average Bonchev–Trinajstić information content (AvgIpc) is 3.35. The molecule has 0 aliphatic carbocycles. The van der Waals surface area contributed by atoms with E-state index in [0.29, 0.717) is 6.61 Å². The molecule has 0 amide bonds. The van der Waals surface area contributed by atoms with Crippen LogP contribution in [0.1, 0.15) is 23.4 Å². The Morgan fingerprint density at radius 2 is 2.19 bits per heavy atom. The highest BCUT2D eigenvalue weighted by molar-refractivity contribution is 7.13. The first-order valence-corrected chi connectivity index (χ1v) is 10.1. The van der Waals surface area contributed by atoms with Crippen molar-refractivity contribution in [2.24, 2.45) is 0 Å². The van der Waals surface area contributed by atoms with Gasteiger partial charge in [-0.3, -0.25) is 4.90 Å². The Bertz CT molecular complexity index is 917. The highest BCUT2D eigenvalue weighted by Crippen LogP contribution is 2.36. The van der Waals surface area contributed by atoms with Gasteiger partial charge in [-0.25, -0.2) is 4.98 Å². The summed E-state index contributed by atoms with van der Waals surface area (Å²) in [4.78, 5) is 8.41. The Morgan fingerprint density at radius 3 is 3.04 bits per heavy atom. The van der Waals surface area contributed by atoms with Crippen molar-refractivity contribution < 1.29 is 4.74 Å². The van der Waals surface area contributed by atoms with Crippen LogP contribution in [0, 0.1) is 6.92 Å². The minimum Gasteiger partial charge on any atom is -0.364 e. The maximum absolute atomic E-state index is 6.35. The van der Waals surface area contributed by atoms with Crippen LogP contribution in [0.5, 0.6) is 0 Å². The Kier molecular flexibility index (Phi) is 3.96. The van der Waals surface area contributed by atoms with Gasteiger partial charge >= 0.3 is 0 Å². The molecule has 0 unspecified atom stereocenters. The van der Waals surface area contributed by atoms with Crippen LogP contribution in [0.2, 0.25) is 0 Å². The number of imidazole rings is 1. The minimum absolute atomic E-state index is 0.0798. The van der Waals surface area contributed by atoms with Gasteiger partial charge in [0.05, 0.1) is 23.3 Å². The third kappa shape index (κ3) is 2.90. The Hall–Kier alpha value is -1.95. The lowest BCUT2D eigenvalue weighted by Gasteiger charge is -2.35. The van der Waals surface area contributed by atoms with Gasteiger partial charge in [0.25, 0.3) is 0 Å². The number of benzene rings is 1. The molecule has 5 heteroatoms. The molecule has 26 heavy (non-hydrogen) atoms. The first kappa shape index (κ1) is 16.2. The van der Waals surface area contributed by atoms with Crippen LogP contribution in [0.3, 0.4) is 0 Å². The van der Waals surface area contributed by atoms with Crippen LogP contribution in [-0.4, -0.2) is 33.1 Å². The lowest BCUT2D eigenvalue weighted by atomic mass is 10.0. The zero-order valence-corrected chi connectivity index (χ0v) is 15.8. The molecule has 5 rings (SSSR count). The zero-order valence-electron chi connectivity index (χ0n) is 15.0. The van der Waals surface area contributed by atoms with Crippen molar-refractivity contribution >= 4 is 11.3 Å². The molecule has 3 aromatic rings. The van der Waals surface area contributed by atoms with E-state index in [1.165, 1.54) is 21.7 Å². The summed E-state index contributed by atoms with van der Waals surface area (Å²) in [7, 11) is 0. The number of aromatic nitrogens is 2. The van der Waals surface area contributed by atoms with Crippen molar-refractivity contribution in [1.29, 1.82) is 0 Å². The van der Waals surface area contributed by atoms with E-state index in [2.05, 4.69) is 63.2 Å². The SMILES string of the molecule is Cc1cccc(CN2CC[C@]3(C2)Cn2c(-c4cccs4)cnc2CO3)c1. The van der Waals surface area contributed by atoms with Crippen LogP contribution >= 0.6 is 11.3 Å². The summed E-state index contributed by atoms with van der Waals surface area (Å²) in [6, 6.07) is 13.1. The van der Waals surface area contributed by atoms with E-state index in [0.717, 1.165) is 38.4 Å². The molecule has 1 spiro atoms. The quantitative estimate of drug-likeness (QED) is 0.700. The fourth-order valence-corrected chi connectivity index (χ4v) is 5.00. The first-order valence-electron chi connectivity index (χ1n) is 9.21. The molecule has 2 aromatic heterocycles. The Labute approximate surface area is 158 Å². The summed E-state index contributed by atoms with van der Waals surface area (Å²) in [6.45, 7) is 6.76. The van der Waals surface area contributed by atoms with Gasteiger partial charge in [0, 0.05) is 19.6 Å². The molecular weight excluding hydrogens is 342 g/mol. The summed E-state index contributed by atoms with van der Waals surface area (Å²) in [5.74, 6) is 1.05. The summed E-state index contributed by atoms with van der Waals surface area (Å²) in [5.41, 5.74) is 3.87. The maximum Gasteiger partial charge on any atom is 0.135 e. The number of ether oxygens (including phenoxy) is 1. The molecule has 0 bridgehead atoms. The first-order chi connectivity index (χ1) is 12.7. The monoisotopic (exact) mass is 365 g/mol. The molecule has 0 saturated carbocycles. The molecule has 4 heterocycles. The van der Waals surface area contributed by atoms with E-state index in [1.807, 2.05) is 6.20 Å². The normalized spacial score (nSPS) is 22.8. The Balaban J connectivity index is 1.35. The van der Waals surface area contributed by atoms with Crippen molar-refractivity contribution in [1.82, 2.24) is 14.5 Å². The zero-order chi connectivity index (χ0) is 17.6. The highest BCUT2D eigenvalue weighted by Gasteiger charge is 2.43. The van der Waals surface area contributed by atoms with Crippen molar-refractivity contribution in [3.05, 3.63) is 64.9 Å². The highest BCUT2D eigenvalue weighted by atomic mass is 32.1.